The highest BCUT2D eigenvalue weighted by Crippen LogP contribution is 2.44. The molecule has 1 aromatic carbocycles. The predicted octanol–water partition coefficient (Wildman–Crippen LogP) is 4.67. The molecule has 33 heavy (non-hydrogen) atoms. The zero-order valence-electron chi connectivity index (χ0n) is 18.7. The summed E-state index contributed by atoms with van der Waals surface area (Å²) in [5.74, 6) is 1.31. The van der Waals surface area contributed by atoms with Crippen LogP contribution in [0.3, 0.4) is 0 Å². The minimum Gasteiger partial charge on any atom is -0.481 e. The number of nitrogens with zero attached hydrogens (tertiary/aromatic N) is 6. The Kier molecular flexibility index (Phi) is 5.38. The van der Waals surface area contributed by atoms with Gasteiger partial charge in [-0.25, -0.2) is 4.98 Å². The number of pyridine rings is 1. The van der Waals surface area contributed by atoms with Gasteiger partial charge in [0.25, 0.3) is 0 Å². The second-order valence-corrected chi connectivity index (χ2v) is 8.31. The van der Waals surface area contributed by atoms with Crippen molar-refractivity contribution in [3.63, 3.8) is 0 Å². The van der Waals surface area contributed by atoms with Crippen molar-refractivity contribution in [2.45, 2.75) is 25.9 Å². The second kappa shape index (κ2) is 8.37. The molecule has 0 fully saturated rings. The van der Waals surface area contributed by atoms with Crippen LogP contribution in [0.5, 0.6) is 11.9 Å². The first kappa shape index (κ1) is 21.2. The third-order valence-corrected chi connectivity index (χ3v) is 6.13. The Morgan fingerprint density at radius 2 is 1.73 bits per heavy atom. The minimum atomic E-state index is -0.157. The van der Waals surface area contributed by atoms with Gasteiger partial charge in [-0.15, -0.1) is 10.2 Å². The molecule has 0 N–H and O–H groups in total. The molecule has 0 spiro atoms. The summed E-state index contributed by atoms with van der Waals surface area (Å²) in [5, 5.41) is 9.21. The molecule has 4 heterocycles. The molecule has 0 radical (unpaired) electrons. The van der Waals surface area contributed by atoms with Crippen LogP contribution in [0.25, 0.3) is 5.65 Å². The van der Waals surface area contributed by atoms with Crippen LogP contribution in [-0.2, 0) is 0 Å². The molecular formula is C24H23ClN6O2. The largest absolute Gasteiger partial charge is 0.481 e. The lowest BCUT2D eigenvalue weighted by molar-refractivity contribution is 0.347. The molecule has 2 unspecified atom stereocenters. The maximum atomic E-state index is 6.19. The first-order valence-corrected chi connectivity index (χ1v) is 10.9. The molecule has 5 rings (SSSR count). The van der Waals surface area contributed by atoms with Gasteiger partial charge in [-0.1, -0.05) is 23.8 Å². The quantitative estimate of drug-likeness (QED) is 0.399. The fourth-order valence-corrected chi connectivity index (χ4v) is 4.43. The van der Waals surface area contributed by atoms with Crippen LogP contribution in [0.2, 0.25) is 5.02 Å². The van der Waals surface area contributed by atoms with Gasteiger partial charge < -0.3 is 14.4 Å². The normalized spacial score (nSPS) is 17.7. The molecule has 3 aromatic heterocycles. The Hall–Kier alpha value is -3.65. The van der Waals surface area contributed by atoms with Crippen LogP contribution in [0.15, 0.2) is 54.9 Å². The molecule has 0 aliphatic carbocycles. The average Bonchev–Trinajstić information content (AvgIpc) is 3.43. The van der Waals surface area contributed by atoms with Crippen LogP contribution in [0.1, 0.15) is 34.6 Å². The van der Waals surface area contributed by atoms with E-state index in [1.54, 1.807) is 13.3 Å². The minimum absolute atomic E-state index is 0.0483. The molecular weight excluding hydrogens is 440 g/mol. The SMILES string of the molecule is COc1ncc(C2C=CC(c3cc(C)c4nnc(C)n4c3)N2c2ccc(Cl)cc2)c(OC)n1. The summed E-state index contributed by atoms with van der Waals surface area (Å²) in [7, 11) is 3.13. The summed E-state index contributed by atoms with van der Waals surface area (Å²) in [6, 6.07) is 10.0. The first-order chi connectivity index (χ1) is 16.0. The Morgan fingerprint density at radius 3 is 2.45 bits per heavy atom. The van der Waals surface area contributed by atoms with Gasteiger partial charge in [-0.2, -0.15) is 4.98 Å². The fraction of sp³-hybridized carbons (Fsp3) is 0.250. The standard InChI is InChI=1S/C24H23ClN6O2/c1-14-11-16(13-30-15(2)28-29-22(14)30)20-9-10-21(31(20)18-7-5-17(25)6-8-18)19-12-26-24(33-4)27-23(19)32-3/h5-13,20-21H,1-4H3. The maximum absolute atomic E-state index is 6.19. The third-order valence-electron chi connectivity index (χ3n) is 5.87. The number of aromatic nitrogens is 5. The van der Waals surface area contributed by atoms with E-state index in [1.807, 2.05) is 35.6 Å². The van der Waals surface area contributed by atoms with E-state index < -0.39 is 0 Å². The monoisotopic (exact) mass is 462 g/mol. The van der Waals surface area contributed by atoms with Crippen molar-refractivity contribution in [2.24, 2.45) is 0 Å². The highest BCUT2D eigenvalue weighted by atomic mass is 35.5. The Morgan fingerprint density at radius 1 is 0.970 bits per heavy atom. The topological polar surface area (TPSA) is 77.7 Å². The number of methoxy groups -OCH3 is 2. The van der Waals surface area contributed by atoms with Gasteiger partial charge in [-0.05, 0) is 55.3 Å². The Bertz CT molecular complexity index is 1350. The lowest BCUT2D eigenvalue weighted by Crippen LogP contribution is -2.27. The number of benzene rings is 1. The van der Waals surface area contributed by atoms with Gasteiger partial charge in [-0.3, -0.25) is 4.40 Å². The Balaban J connectivity index is 1.65. The van der Waals surface area contributed by atoms with Crippen molar-refractivity contribution in [3.8, 4) is 11.9 Å². The van der Waals surface area contributed by atoms with Crippen molar-refractivity contribution in [3.05, 3.63) is 82.4 Å². The molecule has 9 heteroatoms. The van der Waals surface area contributed by atoms with E-state index in [9.17, 15) is 0 Å². The molecule has 1 aliphatic rings. The molecule has 168 valence electrons. The summed E-state index contributed by atoms with van der Waals surface area (Å²) in [5.41, 5.74) is 4.88. The highest BCUT2D eigenvalue weighted by molar-refractivity contribution is 6.30. The van der Waals surface area contributed by atoms with E-state index in [-0.39, 0.29) is 18.1 Å². The summed E-state index contributed by atoms with van der Waals surface area (Å²) >= 11 is 6.19. The van der Waals surface area contributed by atoms with E-state index in [1.165, 1.54) is 7.11 Å². The molecule has 1 aliphatic heterocycles. The van der Waals surface area contributed by atoms with Crippen LogP contribution < -0.4 is 14.4 Å². The van der Waals surface area contributed by atoms with Crippen molar-refractivity contribution in [1.29, 1.82) is 0 Å². The summed E-state index contributed by atoms with van der Waals surface area (Å²) < 4.78 is 12.8. The van der Waals surface area contributed by atoms with E-state index in [0.717, 1.165) is 33.8 Å². The van der Waals surface area contributed by atoms with E-state index in [0.29, 0.717) is 10.9 Å². The van der Waals surface area contributed by atoms with E-state index in [4.69, 9.17) is 21.1 Å². The summed E-state index contributed by atoms with van der Waals surface area (Å²) in [6.45, 7) is 4.00. The van der Waals surface area contributed by atoms with Gasteiger partial charge in [0.2, 0.25) is 5.88 Å². The predicted molar refractivity (Wildman–Crippen MR) is 126 cm³/mol. The molecule has 8 nitrogen and oxygen atoms in total. The van der Waals surface area contributed by atoms with Gasteiger partial charge in [0, 0.05) is 23.1 Å². The van der Waals surface area contributed by atoms with Gasteiger partial charge >= 0.3 is 6.01 Å². The van der Waals surface area contributed by atoms with Crippen LogP contribution >= 0.6 is 11.6 Å². The number of hydrogen-bond donors (Lipinski definition) is 0. The van der Waals surface area contributed by atoms with Gasteiger partial charge in [0.1, 0.15) is 5.82 Å². The van der Waals surface area contributed by atoms with Crippen molar-refractivity contribution in [2.75, 3.05) is 19.1 Å². The molecule has 0 amide bonds. The molecule has 2 atom stereocenters. The number of halogens is 1. The van der Waals surface area contributed by atoms with Gasteiger partial charge in [0.15, 0.2) is 5.65 Å². The number of rotatable bonds is 5. The molecule has 0 saturated carbocycles. The summed E-state index contributed by atoms with van der Waals surface area (Å²) in [6.07, 6.45) is 8.18. The maximum Gasteiger partial charge on any atom is 0.319 e. The fourth-order valence-electron chi connectivity index (χ4n) is 4.31. The number of aryl methyl sites for hydroxylation is 2. The smallest absolute Gasteiger partial charge is 0.319 e. The average molecular weight is 463 g/mol. The lowest BCUT2D eigenvalue weighted by atomic mass is 10.0. The van der Waals surface area contributed by atoms with Crippen LogP contribution in [0.4, 0.5) is 5.69 Å². The highest BCUT2D eigenvalue weighted by Gasteiger charge is 2.34. The van der Waals surface area contributed by atoms with E-state index >= 15 is 0 Å². The third kappa shape index (κ3) is 3.66. The van der Waals surface area contributed by atoms with Crippen molar-refractivity contribution < 1.29 is 9.47 Å². The lowest BCUT2D eigenvalue weighted by Gasteiger charge is -2.33. The van der Waals surface area contributed by atoms with Crippen molar-refractivity contribution in [1.82, 2.24) is 24.6 Å². The van der Waals surface area contributed by atoms with Crippen LogP contribution in [-0.4, -0.2) is 38.8 Å². The van der Waals surface area contributed by atoms with Crippen molar-refractivity contribution >= 4 is 22.9 Å². The zero-order valence-corrected chi connectivity index (χ0v) is 19.5. The summed E-state index contributed by atoms with van der Waals surface area (Å²) in [4.78, 5) is 11.0. The number of ether oxygens (including phenoxy) is 2. The Labute approximate surface area is 196 Å². The second-order valence-electron chi connectivity index (χ2n) is 7.88. The first-order valence-electron chi connectivity index (χ1n) is 10.5. The van der Waals surface area contributed by atoms with E-state index in [2.05, 4.69) is 56.4 Å². The molecule has 0 bridgehead atoms. The number of fused-ring (bicyclic) bond motifs is 1. The van der Waals surface area contributed by atoms with Crippen LogP contribution in [0, 0.1) is 13.8 Å². The zero-order chi connectivity index (χ0) is 23.1. The van der Waals surface area contributed by atoms with Gasteiger partial charge in [0.05, 0.1) is 31.9 Å². The number of hydrogen-bond acceptors (Lipinski definition) is 7. The molecule has 0 saturated heterocycles. The number of anilines is 1. The molecule has 4 aromatic rings.